The predicted molar refractivity (Wildman–Crippen MR) is 56.6 cm³/mol. The summed E-state index contributed by atoms with van der Waals surface area (Å²) >= 11 is 3.36. The molecular weight excluding hydrogens is 230 g/mol. The standard InChI is InChI=1S/C10H14BrNO/c1-2-10(13)4-3-8-5-9(11)7-12-6-8/h5-7,10,13H,2-4H2,1H3. The number of pyridine rings is 1. The molecule has 0 amide bonds. The molecule has 1 N–H and O–H groups in total. The van der Waals surface area contributed by atoms with E-state index in [0.29, 0.717) is 0 Å². The summed E-state index contributed by atoms with van der Waals surface area (Å²) in [6, 6.07) is 2.04. The lowest BCUT2D eigenvalue weighted by atomic mass is 10.1. The van der Waals surface area contributed by atoms with Gasteiger partial charge in [0.25, 0.3) is 0 Å². The molecule has 3 heteroatoms. The van der Waals surface area contributed by atoms with E-state index in [1.54, 1.807) is 6.20 Å². The number of aryl methyl sites for hydroxylation is 1. The summed E-state index contributed by atoms with van der Waals surface area (Å²) in [6.45, 7) is 1.99. The van der Waals surface area contributed by atoms with Crippen LogP contribution in [-0.2, 0) is 6.42 Å². The van der Waals surface area contributed by atoms with E-state index in [0.717, 1.165) is 23.7 Å². The van der Waals surface area contributed by atoms with Gasteiger partial charge in [-0.3, -0.25) is 4.98 Å². The van der Waals surface area contributed by atoms with E-state index in [-0.39, 0.29) is 6.10 Å². The Kier molecular flexibility index (Phi) is 4.39. The van der Waals surface area contributed by atoms with E-state index in [4.69, 9.17) is 0 Å². The SMILES string of the molecule is CCC(O)CCc1cncc(Br)c1. The van der Waals surface area contributed by atoms with Gasteiger partial charge in [-0.2, -0.15) is 0 Å². The third kappa shape index (κ3) is 3.87. The van der Waals surface area contributed by atoms with Crippen molar-refractivity contribution < 1.29 is 5.11 Å². The van der Waals surface area contributed by atoms with Crippen molar-refractivity contribution in [1.82, 2.24) is 4.98 Å². The zero-order valence-corrected chi connectivity index (χ0v) is 9.29. The quantitative estimate of drug-likeness (QED) is 0.882. The lowest BCUT2D eigenvalue weighted by Gasteiger charge is -2.06. The average Bonchev–Trinajstić information content (AvgIpc) is 2.14. The Morgan fingerprint density at radius 3 is 2.92 bits per heavy atom. The Morgan fingerprint density at radius 2 is 2.31 bits per heavy atom. The van der Waals surface area contributed by atoms with Gasteiger partial charge in [-0.05, 0) is 46.8 Å². The molecule has 0 aliphatic heterocycles. The summed E-state index contributed by atoms with van der Waals surface area (Å²) in [5.74, 6) is 0. The first kappa shape index (κ1) is 10.7. The Bertz CT molecular complexity index is 265. The molecule has 1 heterocycles. The number of rotatable bonds is 4. The highest BCUT2D eigenvalue weighted by Crippen LogP contribution is 2.12. The maximum absolute atomic E-state index is 9.36. The van der Waals surface area contributed by atoms with Crippen molar-refractivity contribution in [1.29, 1.82) is 0 Å². The molecule has 0 fully saturated rings. The second kappa shape index (κ2) is 5.35. The van der Waals surface area contributed by atoms with Gasteiger partial charge in [0.1, 0.15) is 0 Å². The van der Waals surface area contributed by atoms with Crippen LogP contribution < -0.4 is 0 Å². The first-order valence-electron chi connectivity index (χ1n) is 4.50. The maximum Gasteiger partial charge on any atom is 0.0540 e. The van der Waals surface area contributed by atoms with Gasteiger partial charge < -0.3 is 5.11 Å². The second-order valence-corrected chi connectivity index (χ2v) is 4.03. The molecule has 1 unspecified atom stereocenters. The Morgan fingerprint density at radius 1 is 1.54 bits per heavy atom. The van der Waals surface area contributed by atoms with Crippen molar-refractivity contribution in [2.45, 2.75) is 32.3 Å². The van der Waals surface area contributed by atoms with Crippen LogP contribution in [0.1, 0.15) is 25.3 Å². The minimum absolute atomic E-state index is 0.181. The fraction of sp³-hybridized carbons (Fsp3) is 0.500. The number of hydrogen-bond donors (Lipinski definition) is 1. The number of hydrogen-bond acceptors (Lipinski definition) is 2. The molecule has 0 aliphatic rings. The van der Waals surface area contributed by atoms with Crippen LogP contribution in [0.4, 0.5) is 0 Å². The van der Waals surface area contributed by atoms with Crippen LogP contribution >= 0.6 is 15.9 Å². The molecule has 2 nitrogen and oxygen atoms in total. The molecule has 72 valence electrons. The van der Waals surface area contributed by atoms with Gasteiger partial charge in [0.15, 0.2) is 0 Å². The van der Waals surface area contributed by atoms with Crippen molar-refractivity contribution in [3.8, 4) is 0 Å². The molecule has 0 saturated carbocycles. The van der Waals surface area contributed by atoms with Gasteiger partial charge in [0, 0.05) is 16.9 Å². The van der Waals surface area contributed by atoms with Crippen LogP contribution in [0.2, 0.25) is 0 Å². The molecule has 1 atom stereocenters. The van der Waals surface area contributed by atoms with Crippen LogP contribution in [-0.4, -0.2) is 16.2 Å². The summed E-state index contributed by atoms with van der Waals surface area (Å²) in [4.78, 5) is 4.06. The predicted octanol–water partition coefficient (Wildman–Crippen LogP) is 2.55. The Labute approximate surface area is 87.1 Å². The number of halogens is 1. The van der Waals surface area contributed by atoms with Gasteiger partial charge in [0.05, 0.1) is 6.10 Å². The Balaban J connectivity index is 2.45. The third-order valence-corrected chi connectivity index (χ3v) is 2.43. The fourth-order valence-electron chi connectivity index (χ4n) is 1.13. The number of aliphatic hydroxyl groups is 1. The molecular formula is C10H14BrNO. The van der Waals surface area contributed by atoms with Crippen molar-refractivity contribution in [3.05, 3.63) is 28.5 Å². The van der Waals surface area contributed by atoms with Crippen LogP contribution in [0.5, 0.6) is 0 Å². The van der Waals surface area contributed by atoms with Crippen molar-refractivity contribution in [3.63, 3.8) is 0 Å². The smallest absolute Gasteiger partial charge is 0.0540 e. The Hall–Kier alpha value is -0.410. The summed E-state index contributed by atoms with van der Waals surface area (Å²) in [5.41, 5.74) is 1.17. The van der Waals surface area contributed by atoms with Gasteiger partial charge in [0.2, 0.25) is 0 Å². The highest BCUT2D eigenvalue weighted by atomic mass is 79.9. The summed E-state index contributed by atoms with van der Waals surface area (Å²) in [5, 5.41) is 9.36. The minimum atomic E-state index is -0.181. The highest BCUT2D eigenvalue weighted by Gasteiger charge is 2.01. The maximum atomic E-state index is 9.36. The van der Waals surface area contributed by atoms with Gasteiger partial charge in [-0.25, -0.2) is 0 Å². The van der Waals surface area contributed by atoms with Crippen LogP contribution in [0.15, 0.2) is 22.9 Å². The molecule has 0 radical (unpaired) electrons. The highest BCUT2D eigenvalue weighted by molar-refractivity contribution is 9.10. The van der Waals surface area contributed by atoms with E-state index in [1.165, 1.54) is 5.56 Å². The van der Waals surface area contributed by atoms with E-state index >= 15 is 0 Å². The first-order valence-corrected chi connectivity index (χ1v) is 5.29. The van der Waals surface area contributed by atoms with Gasteiger partial charge >= 0.3 is 0 Å². The van der Waals surface area contributed by atoms with E-state index in [1.807, 2.05) is 19.2 Å². The molecule has 1 rings (SSSR count). The number of aromatic nitrogens is 1. The minimum Gasteiger partial charge on any atom is -0.393 e. The lowest BCUT2D eigenvalue weighted by molar-refractivity contribution is 0.160. The van der Waals surface area contributed by atoms with Crippen LogP contribution in [0.25, 0.3) is 0 Å². The number of aliphatic hydroxyl groups excluding tert-OH is 1. The molecule has 1 aromatic rings. The van der Waals surface area contributed by atoms with E-state index < -0.39 is 0 Å². The van der Waals surface area contributed by atoms with Crippen molar-refractivity contribution in [2.24, 2.45) is 0 Å². The lowest BCUT2D eigenvalue weighted by Crippen LogP contribution is -2.05. The van der Waals surface area contributed by atoms with Gasteiger partial charge in [-0.1, -0.05) is 6.92 Å². The van der Waals surface area contributed by atoms with Gasteiger partial charge in [-0.15, -0.1) is 0 Å². The van der Waals surface area contributed by atoms with E-state index in [9.17, 15) is 5.11 Å². The first-order chi connectivity index (χ1) is 6.22. The van der Waals surface area contributed by atoms with Crippen LogP contribution in [0, 0.1) is 0 Å². The van der Waals surface area contributed by atoms with Crippen molar-refractivity contribution in [2.75, 3.05) is 0 Å². The zero-order valence-electron chi connectivity index (χ0n) is 7.70. The summed E-state index contributed by atoms with van der Waals surface area (Å²) < 4.78 is 0.996. The zero-order chi connectivity index (χ0) is 9.68. The topological polar surface area (TPSA) is 33.1 Å². The van der Waals surface area contributed by atoms with Crippen LogP contribution in [0.3, 0.4) is 0 Å². The monoisotopic (exact) mass is 243 g/mol. The van der Waals surface area contributed by atoms with Crippen molar-refractivity contribution >= 4 is 15.9 Å². The van der Waals surface area contributed by atoms with E-state index in [2.05, 4.69) is 20.9 Å². The summed E-state index contributed by atoms with van der Waals surface area (Å²) in [6.07, 6.45) is 5.95. The average molecular weight is 244 g/mol. The molecule has 0 aromatic carbocycles. The normalized spacial score (nSPS) is 12.8. The second-order valence-electron chi connectivity index (χ2n) is 3.11. The molecule has 1 aromatic heterocycles. The molecule has 0 saturated heterocycles. The third-order valence-electron chi connectivity index (χ3n) is 2.00. The fourth-order valence-corrected chi connectivity index (χ4v) is 1.54. The molecule has 0 bridgehead atoms. The molecule has 0 spiro atoms. The number of nitrogens with zero attached hydrogens (tertiary/aromatic N) is 1. The molecule has 13 heavy (non-hydrogen) atoms. The largest absolute Gasteiger partial charge is 0.393 e. The summed E-state index contributed by atoms with van der Waals surface area (Å²) in [7, 11) is 0. The molecule has 0 aliphatic carbocycles.